The maximum absolute atomic E-state index is 5.36. The third-order valence-corrected chi connectivity index (χ3v) is 4.41. The Bertz CT molecular complexity index is 836. The minimum atomic E-state index is 0.269. The second-order valence-electron chi connectivity index (χ2n) is 6.29. The van der Waals surface area contributed by atoms with Gasteiger partial charge in [0.05, 0.1) is 6.61 Å². The molecule has 0 N–H and O–H groups in total. The Hall–Kier alpha value is -2.54. The van der Waals surface area contributed by atoms with Gasteiger partial charge in [-0.05, 0) is 25.3 Å². The van der Waals surface area contributed by atoms with E-state index in [1.54, 1.807) is 0 Å². The minimum absolute atomic E-state index is 0.269. The molecule has 1 atom stereocenters. The van der Waals surface area contributed by atoms with Crippen LogP contribution in [0.25, 0.3) is 11.4 Å². The molecule has 1 aliphatic rings. The lowest BCUT2D eigenvalue weighted by atomic mass is 10.1. The molecule has 0 saturated carbocycles. The Kier molecular flexibility index (Phi) is 4.56. The predicted octanol–water partition coefficient (Wildman–Crippen LogP) is 3.11. The molecular weight excluding hydrogens is 320 g/mol. The van der Waals surface area contributed by atoms with E-state index < -0.39 is 0 Å². The summed E-state index contributed by atoms with van der Waals surface area (Å²) in [5.41, 5.74) is 2.13. The van der Waals surface area contributed by atoms with Crippen LogP contribution in [0, 0.1) is 6.92 Å². The fourth-order valence-electron chi connectivity index (χ4n) is 2.95. The fourth-order valence-corrected chi connectivity index (χ4v) is 2.95. The summed E-state index contributed by atoms with van der Waals surface area (Å²) < 4.78 is 16.0. The molecular formula is C18H20N4O3. The standard InChI is InChI=1S/C18H20N4O3/c1-12-5-2-3-6-14(12)18-20-16(25-22-18)8-4-7-15-19-17(21-24-15)13-9-10-23-11-13/h2-3,5-6,13H,4,7-11H2,1H3/t13-/m1/s1. The van der Waals surface area contributed by atoms with Crippen LogP contribution < -0.4 is 0 Å². The maximum Gasteiger partial charge on any atom is 0.226 e. The van der Waals surface area contributed by atoms with Gasteiger partial charge in [-0.3, -0.25) is 0 Å². The average Bonchev–Trinajstić information content (AvgIpc) is 3.37. The summed E-state index contributed by atoms with van der Waals surface area (Å²) in [5.74, 6) is 2.94. The summed E-state index contributed by atoms with van der Waals surface area (Å²) in [5, 5.41) is 8.14. The third-order valence-electron chi connectivity index (χ3n) is 4.41. The molecule has 7 heteroatoms. The van der Waals surface area contributed by atoms with Crippen molar-refractivity contribution in [1.29, 1.82) is 0 Å². The van der Waals surface area contributed by atoms with Crippen LogP contribution in [-0.2, 0) is 17.6 Å². The van der Waals surface area contributed by atoms with Gasteiger partial charge in [0, 0.05) is 30.9 Å². The Morgan fingerprint density at radius 2 is 1.84 bits per heavy atom. The molecule has 4 rings (SSSR count). The molecule has 0 bridgehead atoms. The highest BCUT2D eigenvalue weighted by molar-refractivity contribution is 5.58. The Balaban J connectivity index is 1.33. The van der Waals surface area contributed by atoms with Crippen LogP contribution in [0.1, 0.15) is 41.9 Å². The second kappa shape index (κ2) is 7.14. The lowest BCUT2D eigenvalue weighted by molar-refractivity contribution is 0.192. The first-order chi connectivity index (χ1) is 12.3. The Morgan fingerprint density at radius 3 is 2.64 bits per heavy atom. The molecule has 1 saturated heterocycles. The normalized spacial score (nSPS) is 17.2. The van der Waals surface area contributed by atoms with Gasteiger partial charge in [-0.15, -0.1) is 0 Å². The van der Waals surface area contributed by atoms with Crippen molar-refractivity contribution in [3.63, 3.8) is 0 Å². The first-order valence-corrected chi connectivity index (χ1v) is 8.58. The van der Waals surface area contributed by atoms with Crippen LogP contribution in [0.5, 0.6) is 0 Å². The van der Waals surface area contributed by atoms with Crippen molar-refractivity contribution in [1.82, 2.24) is 20.3 Å². The zero-order valence-corrected chi connectivity index (χ0v) is 14.1. The van der Waals surface area contributed by atoms with E-state index in [9.17, 15) is 0 Å². The van der Waals surface area contributed by atoms with Crippen molar-refractivity contribution in [2.24, 2.45) is 0 Å². The molecule has 1 aliphatic heterocycles. The second-order valence-corrected chi connectivity index (χ2v) is 6.29. The van der Waals surface area contributed by atoms with Gasteiger partial charge in [-0.2, -0.15) is 9.97 Å². The lowest BCUT2D eigenvalue weighted by Gasteiger charge is -1.98. The quantitative estimate of drug-likeness (QED) is 0.681. The zero-order chi connectivity index (χ0) is 17.1. The highest BCUT2D eigenvalue weighted by Gasteiger charge is 2.23. The summed E-state index contributed by atoms with van der Waals surface area (Å²) >= 11 is 0. The van der Waals surface area contributed by atoms with Gasteiger partial charge in [0.2, 0.25) is 17.6 Å². The zero-order valence-electron chi connectivity index (χ0n) is 14.1. The van der Waals surface area contributed by atoms with Gasteiger partial charge in [0.25, 0.3) is 0 Å². The number of ether oxygens (including phenoxy) is 1. The molecule has 1 aromatic carbocycles. The third kappa shape index (κ3) is 3.61. The monoisotopic (exact) mass is 340 g/mol. The molecule has 0 radical (unpaired) electrons. The number of aromatic nitrogens is 4. The number of hydrogen-bond acceptors (Lipinski definition) is 7. The summed E-state index contributed by atoms with van der Waals surface area (Å²) in [6.07, 6.45) is 3.16. The summed E-state index contributed by atoms with van der Waals surface area (Å²) in [6.45, 7) is 3.49. The van der Waals surface area contributed by atoms with Gasteiger partial charge in [0.1, 0.15) is 0 Å². The molecule has 3 aromatic rings. The van der Waals surface area contributed by atoms with Crippen molar-refractivity contribution in [2.45, 2.75) is 38.5 Å². The maximum atomic E-state index is 5.36. The van der Waals surface area contributed by atoms with Crippen molar-refractivity contribution in [3.8, 4) is 11.4 Å². The van der Waals surface area contributed by atoms with E-state index in [1.165, 1.54) is 0 Å². The van der Waals surface area contributed by atoms with Crippen molar-refractivity contribution >= 4 is 0 Å². The molecule has 25 heavy (non-hydrogen) atoms. The van der Waals surface area contributed by atoms with E-state index in [0.29, 0.717) is 37.1 Å². The van der Waals surface area contributed by atoms with E-state index in [-0.39, 0.29) is 5.92 Å². The predicted molar refractivity (Wildman–Crippen MR) is 89.0 cm³/mol. The average molecular weight is 340 g/mol. The molecule has 130 valence electrons. The molecule has 0 spiro atoms. The molecule has 1 fully saturated rings. The SMILES string of the molecule is Cc1ccccc1-c1noc(CCCc2nc([C@@H]3CCOC3)no2)n1. The first kappa shape index (κ1) is 16.0. The first-order valence-electron chi connectivity index (χ1n) is 8.58. The number of rotatable bonds is 6. The van der Waals surface area contributed by atoms with Crippen molar-refractivity contribution in [2.75, 3.05) is 13.2 Å². The highest BCUT2D eigenvalue weighted by atomic mass is 16.5. The largest absolute Gasteiger partial charge is 0.381 e. The summed E-state index contributed by atoms with van der Waals surface area (Å²) in [4.78, 5) is 8.94. The summed E-state index contributed by atoms with van der Waals surface area (Å²) in [6, 6.07) is 8.00. The number of aryl methyl sites for hydroxylation is 3. The number of nitrogens with zero attached hydrogens (tertiary/aromatic N) is 4. The van der Waals surface area contributed by atoms with Gasteiger partial charge in [0.15, 0.2) is 5.82 Å². The molecule has 0 amide bonds. The van der Waals surface area contributed by atoms with E-state index in [0.717, 1.165) is 36.4 Å². The van der Waals surface area contributed by atoms with Crippen molar-refractivity contribution < 1.29 is 13.8 Å². The molecule has 7 nitrogen and oxygen atoms in total. The van der Waals surface area contributed by atoms with E-state index >= 15 is 0 Å². The molecule has 3 heterocycles. The fraction of sp³-hybridized carbons (Fsp3) is 0.444. The van der Waals surface area contributed by atoms with E-state index in [2.05, 4.69) is 20.3 Å². The van der Waals surface area contributed by atoms with E-state index in [4.69, 9.17) is 13.8 Å². The highest BCUT2D eigenvalue weighted by Crippen LogP contribution is 2.23. The van der Waals surface area contributed by atoms with Crippen molar-refractivity contribution in [3.05, 3.63) is 47.4 Å². The van der Waals surface area contributed by atoms with Crippen LogP contribution in [0.4, 0.5) is 0 Å². The van der Waals surface area contributed by atoms with E-state index in [1.807, 2.05) is 31.2 Å². The lowest BCUT2D eigenvalue weighted by Crippen LogP contribution is -2.00. The molecule has 0 unspecified atom stereocenters. The smallest absolute Gasteiger partial charge is 0.226 e. The van der Waals surface area contributed by atoms with Gasteiger partial charge >= 0.3 is 0 Å². The Morgan fingerprint density at radius 1 is 1.04 bits per heavy atom. The number of benzene rings is 1. The minimum Gasteiger partial charge on any atom is -0.381 e. The van der Waals surface area contributed by atoms with Crippen LogP contribution in [0.15, 0.2) is 33.3 Å². The van der Waals surface area contributed by atoms with Crippen LogP contribution >= 0.6 is 0 Å². The molecule has 0 aliphatic carbocycles. The molecule has 2 aromatic heterocycles. The summed E-state index contributed by atoms with van der Waals surface area (Å²) in [7, 11) is 0. The topological polar surface area (TPSA) is 87.1 Å². The van der Waals surface area contributed by atoms with Gasteiger partial charge in [-0.25, -0.2) is 0 Å². The van der Waals surface area contributed by atoms with Gasteiger partial charge < -0.3 is 13.8 Å². The Labute approximate surface area is 145 Å². The van der Waals surface area contributed by atoms with Crippen LogP contribution in [-0.4, -0.2) is 33.5 Å². The van der Waals surface area contributed by atoms with Crippen LogP contribution in [0.2, 0.25) is 0 Å². The van der Waals surface area contributed by atoms with Gasteiger partial charge in [-0.1, -0.05) is 34.6 Å². The van der Waals surface area contributed by atoms with Crippen LogP contribution in [0.3, 0.4) is 0 Å². The number of hydrogen-bond donors (Lipinski definition) is 0.